The lowest BCUT2D eigenvalue weighted by Gasteiger charge is -2.10. The number of Topliss-reactive ketones (excluding diaryl/α,β-unsaturated/α-hetero) is 1. The predicted octanol–water partition coefficient (Wildman–Crippen LogP) is 3.30. The maximum absolute atomic E-state index is 13.0. The van der Waals surface area contributed by atoms with Gasteiger partial charge in [-0.3, -0.25) is 9.59 Å². The van der Waals surface area contributed by atoms with Crippen molar-refractivity contribution in [3.63, 3.8) is 0 Å². The molecule has 1 N–H and O–H groups in total. The van der Waals surface area contributed by atoms with Crippen LogP contribution in [0.3, 0.4) is 0 Å². The van der Waals surface area contributed by atoms with Crippen molar-refractivity contribution in [3.8, 4) is 5.69 Å². The van der Waals surface area contributed by atoms with Gasteiger partial charge in [-0.15, -0.1) is 0 Å². The van der Waals surface area contributed by atoms with Gasteiger partial charge in [-0.1, -0.05) is 11.2 Å². The molecule has 7 nitrogen and oxygen atoms in total. The Balaban J connectivity index is 1.85. The number of amides is 1. The highest BCUT2D eigenvalue weighted by molar-refractivity contribution is 6.43. The number of hydrogen-bond donors (Lipinski definition) is 1. The first-order valence-electron chi connectivity index (χ1n) is 8.56. The summed E-state index contributed by atoms with van der Waals surface area (Å²) in [5, 5.41) is 10.3. The fraction of sp³-hybridized carbons (Fsp3) is 0.263. The minimum Gasteiger partial charge on any atom is -0.359 e. The van der Waals surface area contributed by atoms with E-state index in [1.165, 1.54) is 30.7 Å². The van der Waals surface area contributed by atoms with Crippen LogP contribution in [0.2, 0.25) is 0 Å². The van der Waals surface area contributed by atoms with Crippen LogP contribution in [-0.4, -0.2) is 26.6 Å². The third kappa shape index (κ3) is 4.20. The molecule has 10 heteroatoms. The number of halogens is 3. The quantitative estimate of drug-likeness (QED) is 0.519. The molecule has 0 aliphatic heterocycles. The van der Waals surface area contributed by atoms with E-state index in [4.69, 9.17) is 4.52 Å². The van der Waals surface area contributed by atoms with Crippen LogP contribution in [0.25, 0.3) is 5.69 Å². The van der Waals surface area contributed by atoms with Gasteiger partial charge in [-0.2, -0.15) is 18.3 Å². The molecule has 0 fully saturated rings. The third-order valence-electron chi connectivity index (χ3n) is 4.24. The van der Waals surface area contributed by atoms with Crippen molar-refractivity contribution in [2.75, 3.05) is 0 Å². The molecule has 0 aliphatic rings. The van der Waals surface area contributed by atoms with Crippen LogP contribution in [0.1, 0.15) is 38.8 Å². The number of aromatic nitrogens is 3. The molecule has 0 bridgehead atoms. The lowest BCUT2D eigenvalue weighted by molar-refractivity contribution is -0.137. The van der Waals surface area contributed by atoms with Crippen LogP contribution < -0.4 is 5.32 Å². The molecule has 1 aromatic carbocycles. The van der Waals surface area contributed by atoms with Gasteiger partial charge in [0.1, 0.15) is 0 Å². The van der Waals surface area contributed by atoms with E-state index in [2.05, 4.69) is 15.6 Å². The van der Waals surface area contributed by atoms with Crippen LogP contribution >= 0.6 is 0 Å². The lowest BCUT2D eigenvalue weighted by Crippen LogP contribution is -2.31. The second-order valence-electron chi connectivity index (χ2n) is 6.45. The molecule has 152 valence electrons. The molecule has 1 amide bonds. The van der Waals surface area contributed by atoms with Crippen LogP contribution in [0.15, 0.2) is 34.9 Å². The molecular formula is C19H17F3N4O3. The Bertz CT molecular complexity index is 1080. The minimum absolute atomic E-state index is 0.0225. The van der Waals surface area contributed by atoms with Gasteiger partial charge in [-0.05, 0) is 39.0 Å². The van der Waals surface area contributed by atoms with E-state index in [0.29, 0.717) is 11.5 Å². The summed E-state index contributed by atoms with van der Waals surface area (Å²) in [7, 11) is 0. The number of benzene rings is 1. The van der Waals surface area contributed by atoms with Gasteiger partial charge in [0.2, 0.25) is 0 Å². The summed E-state index contributed by atoms with van der Waals surface area (Å²) in [6, 6.07) is 6.18. The van der Waals surface area contributed by atoms with Gasteiger partial charge >= 0.3 is 6.18 Å². The fourth-order valence-corrected chi connectivity index (χ4v) is 2.90. The smallest absolute Gasteiger partial charge is 0.359 e. The minimum atomic E-state index is -4.51. The molecular weight excluding hydrogens is 389 g/mol. The zero-order valence-electron chi connectivity index (χ0n) is 15.8. The second-order valence-corrected chi connectivity index (χ2v) is 6.45. The highest BCUT2D eigenvalue weighted by atomic mass is 19.4. The molecule has 0 atom stereocenters. The van der Waals surface area contributed by atoms with Crippen molar-refractivity contribution >= 4 is 11.7 Å². The Labute approximate surface area is 163 Å². The number of ketones is 1. The first kappa shape index (κ1) is 20.3. The normalized spacial score (nSPS) is 11.5. The summed E-state index contributed by atoms with van der Waals surface area (Å²) < 4.78 is 45.1. The summed E-state index contributed by atoms with van der Waals surface area (Å²) in [5.41, 5.74) is 0.462. The molecule has 0 aliphatic carbocycles. The van der Waals surface area contributed by atoms with Crippen LogP contribution in [0.4, 0.5) is 13.2 Å². The maximum atomic E-state index is 13.0. The molecule has 2 heterocycles. The number of hydrogen-bond acceptors (Lipinski definition) is 5. The second kappa shape index (κ2) is 7.53. The monoisotopic (exact) mass is 406 g/mol. The summed E-state index contributed by atoms with van der Waals surface area (Å²) in [5.74, 6) is -1.33. The number of carbonyl (C=O) groups excluding carboxylic acids is 2. The average molecular weight is 406 g/mol. The van der Waals surface area contributed by atoms with E-state index < -0.39 is 23.4 Å². The van der Waals surface area contributed by atoms with Gasteiger partial charge in [0.05, 0.1) is 40.4 Å². The average Bonchev–Trinajstić information content (AvgIpc) is 3.21. The fourth-order valence-electron chi connectivity index (χ4n) is 2.90. The molecule has 0 saturated heterocycles. The molecule has 3 aromatic rings. The molecule has 0 saturated carbocycles. The summed E-state index contributed by atoms with van der Waals surface area (Å²) in [6.07, 6.45) is -4.51. The first-order valence-corrected chi connectivity index (χ1v) is 8.56. The molecule has 0 unspecified atom stereocenters. The zero-order valence-corrected chi connectivity index (χ0v) is 15.8. The van der Waals surface area contributed by atoms with Crippen LogP contribution in [-0.2, 0) is 17.5 Å². The number of aryl methyl sites for hydroxylation is 2. The Morgan fingerprint density at radius 1 is 1.17 bits per heavy atom. The van der Waals surface area contributed by atoms with Crippen LogP contribution in [0.5, 0.6) is 0 Å². The number of alkyl halides is 3. The highest BCUT2D eigenvalue weighted by Gasteiger charge is 2.31. The third-order valence-corrected chi connectivity index (χ3v) is 4.24. The molecule has 3 rings (SSSR count). The SMILES string of the molecule is Cc1cc(CNC(=O)C(=O)c2c(C)nn(-c3cccc(C(F)(F)F)c3)c2C)on1. The number of nitrogens with one attached hydrogen (secondary N) is 1. The van der Waals surface area contributed by atoms with Gasteiger partial charge in [0.15, 0.2) is 5.76 Å². The van der Waals surface area contributed by atoms with E-state index in [1.807, 2.05) is 0 Å². The van der Waals surface area contributed by atoms with E-state index in [1.54, 1.807) is 13.0 Å². The van der Waals surface area contributed by atoms with Crippen molar-refractivity contribution in [3.05, 3.63) is 64.3 Å². The molecule has 0 spiro atoms. The first-order chi connectivity index (χ1) is 13.6. The topological polar surface area (TPSA) is 90.0 Å². The van der Waals surface area contributed by atoms with E-state index in [0.717, 1.165) is 12.1 Å². The summed E-state index contributed by atoms with van der Waals surface area (Å²) in [4.78, 5) is 24.8. The van der Waals surface area contributed by atoms with Crippen molar-refractivity contribution in [2.24, 2.45) is 0 Å². The molecule has 2 aromatic heterocycles. The van der Waals surface area contributed by atoms with Gasteiger partial charge in [0.25, 0.3) is 11.7 Å². The Kier molecular flexibility index (Phi) is 5.27. The number of rotatable bonds is 5. The van der Waals surface area contributed by atoms with E-state index in [9.17, 15) is 22.8 Å². The summed E-state index contributed by atoms with van der Waals surface area (Å²) >= 11 is 0. The Morgan fingerprint density at radius 3 is 2.52 bits per heavy atom. The van der Waals surface area contributed by atoms with E-state index >= 15 is 0 Å². The predicted molar refractivity (Wildman–Crippen MR) is 95.5 cm³/mol. The largest absolute Gasteiger partial charge is 0.416 e. The van der Waals surface area contributed by atoms with Gasteiger partial charge in [-0.25, -0.2) is 4.68 Å². The van der Waals surface area contributed by atoms with Crippen molar-refractivity contribution in [1.82, 2.24) is 20.3 Å². The number of nitrogens with zero attached hydrogens (tertiary/aromatic N) is 3. The lowest BCUT2D eigenvalue weighted by atomic mass is 10.1. The van der Waals surface area contributed by atoms with Crippen molar-refractivity contribution in [2.45, 2.75) is 33.5 Å². The van der Waals surface area contributed by atoms with Gasteiger partial charge in [0, 0.05) is 6.07 Å². The maximum Gasteiger partial charge on any atom is 0.416 e. The number of carbonyl (C=O) groups is 2. The van der Waals surface area contributed by atoms with Crippen molar-refractivity contribution in [1.29, 1.82) is 0 Å². The zero-order chi connectivity index (χ0) is 21.3. The van der Waals surface area contributed by atoms with Crippen molar-refractivity contribution < 1.29 is 27.3 Å². The highest BCUT2D eigenvalue weighted by Crippen LogP contribution is 2.30. The standard InChI is InChI=1S/C19H17F3N4O3/c1-10-7-15(29-25-10)9-23-18(28)17(27)16-11(2)24-26(12(16)3)14-6-4-5-13(8-14)19(20,21)22/h4-8H,9H2,1-3H3,(H,23,28). The molecule has 29 heavy (non-hydrogen) atoms. The summed E-state index contributed by atoms with van der Waals surface area (Å²) in [6.45, 7) is 4.72. The van der Waals surface area contributed by atoms with Gasteiger partial charge < -0.3 is 9.84 Å². The molecule has 0 radical (unpaired) electrons. The Hall–Kier alpha value is -3.43. The van der Waals surface area contributed by atoms with Crippen LogP contribution in [0, 0.1) is 20.8 Å². The van der Waals surface area contributed by atoms with E-state index in [-0.39, 0.29) is 29.2 Å². The Morgan fingerprint density at radius 2 is 1.90 bits per heavy atom.